The number of Topliss-reactive ketones (excluding diaryl/α,β-unsaturated/α-hetero) is 1. The molecule has 7 heteroatoms. The van der Waals surface area contributed by atoms with E-state index in [2.05, 4.69) is 16.0 Å². The molecule has 0 atom stereocenters. The van der Waals surface area contributed by atoms with E-state index in [0.717, 1.165) is 43.9 Å². The quantitative estimate of drug-likeness (QED) is 0.817. The van der Waals surface area contributed by atoms with Crippen LogP contribution in [0.1, 0.15) is 17.5 Å². The molecule has 27 heavy (non-hydrogen) atoms. The molecule has 1 aromatic carbocycles. The van der Waals surface area contributed by atoms with Gasteiger partial charge in [-0.15, -0.1) is 11.3 Å². The first-order valence-electron chi connectivity index (χ1n) is 9.19. The Labute approximate surface area is 160 Å². The molecular formula is C20H22N2O4S. The Balaban J connectivity index is 1.54. The maximum Gasteiger partial charge on any atom is 0.266 e. The number of rotatable bonds is 4. The number of ether oxygens (including phenoxy) is 2. The molecule has 1 saturated heterocycles. The van der Waals surface area contributed by atoms with Crippen LogP contribution in [-0.4, -0.2) is 55.1 Å². The summed E-state index contributed by atoms with van der Waals surface area (Å²) >= 11 is 1.31. The van der Waals surface area contributed by atoms with Gasteiger partial charge in [0.05, 0.1) is 35.6 Å². The smallest absolute Gasteiger partial charge is 0.266 e. The molecule has 0 bridgehead atoms. The molecule has 2 aromatic rings. The van der Waals surface area contributed by atoms with Crippen molar-refractivity contribution >= 4 is 29.3 Å². The number of morpholine rings is 1. The molecule has 0 radical (unpaired) electrons. The molecule has 0 amide bonds. The average Bonchev–Trinajstić information content (AvgIpc) is 3.01. The molecule has 0 unspecified atom stereocenters. The Hall–Kier alpha value is -2.22. The average molecular weight is 386 g/mol. The van der Waals surface area contributed by atoms with Gasteiger partial charge in [0.15, 0.2) is 5.78 Å². The number of aromatic nitrogens is 1. The van der Waals surface area contributed by atoms with Crippen LogP contribution in [0.25, 0.3) is 12.2 Å². The number of H-pyrrole nitrogens is 1. The number of carbonyl (C=O) groups is 1. The number of ketones is 1. The van der Waals surface area contributed by atoms with Crippen molar-refractivity contribution in [3.8, 4) is 5.75 Å². The van der Waals surface area contributed by atoms with E-state index in [4.69, 9.17) is 9.47 Å². The molecule has 1 aromatic heterocycles. The van der Waals surface area contributed by atoms with Crippen LogP contribution in [0.2, 0.25) is 0 Å². The van der Waals surface area contributed by atoms with Gasteiger partial charge in [0.1, 0.15) is 5.75 Å². The Morgan fingerprint density at radius 3 is 2.96 bits per heavy atom. The van der Waals surface area contributed by atoms with E-state index < -0.39 is 0 Å². The van der Waals surface area contributed by atoms with Gasteiger partial charge in [-0.25, -0.2) is 0 Å². The van der Waals surface area contributed by atoms with E-state index in [9.17, 15) is 9.59 Å². The number of thiazole rings is 1. The lowest BCUT2D eigenvalue weighted by atomic mass is 10.0. The van der Waals surface area contributed by atoms with Crippen LogP contribution in [0, 0.1) is 0 Å². The predicted octanol–water partition coefficient (Wildman–Crippen LogP) is 0.272. The van der Waals surface area contributed by atoms with Crippen molar-refractivity contribution in [2.75, 3.05) is 39.5 Å². The van der Waals surface area contributed by atoms with Crippen LogP contribution in [0.15, 0.2) is 23.0 Å². The molecule has 0 spiro atoms. The maximum absolute atomic E-state index is 12.2. The summed E-state index contributed by atoms with van der Waals surface area (Å²) in [5.74, 6) is 0.924. The van der Waals surface area contributed by atoms with Crippen LogP contribution in [0.3, 0.4) is 0 Å². The highest BCUT2D eigenvalue weighted by molar-refractivity contribution is 7.07. The molecule has 142 valence electrons. The summed E-state index contributed by atoms with van der Waals surface area (Å²) in [6, 6.07) is 5.98. The van der Waals surface area contributed by atoms with Crippen LogP contribution in [0.5, 0.6) is 5.75 Å². The fourth-order valence-electron chi connectivity index (χ4n) is 3.32. The number of nitrogens with zero attached hydrogens (tertiary/aromatic N) is 1. The number of aryl methyl sites for hydroxylation is 1. The first-order chi connectivity index (χ1) is 13.2. The SMILES string of the molecule is O=C(/C=c1\[nH]c(=O)/c(=C/c2ccc3c(c2)CCCO3)s1)CN1CCOCC1. The van der Waals surface area contributed by atoms with Crippen molar-refractivity contribution in [1.82, 2.24) is 9.88 Å². The largest absolute Gasteiger partial charge is 0.493 e. The number of nitrogens with one attached hydrogen (secondary N) is 1. The fourth-order valence-corrected chi connectivity index (χ4v) is 4.23. The second kappa shape index (κ2) is 8.21. The standard InChI is InChI=1S/C20H22N2O4S/c23-16(13-22-5-8-25-9-6-22)12-19-21-20(24)18(27-19)11-14-3-4-17-15(10-14)2-1-7-26-17/h3-4,10-12H,1-2,5-9,13H2,(H,21,24)/b18-11-,19-12+. The third kappa shape index (κ3) is 4.55. The highest BCUT2D eigenvalue weighted by Crippen LogP contribution is 2.25. The molecule has 0 aliphatic carbocycles. The molecule has 4 rings (SSSR count). The number of aromatic amines is 1. The van der Waals surface area contributed by atoms with Crippen molar-refractivity contribution in [3.63, 3.8) is 0 Å². The minimum absolute atomic E-state index is 0.00752. The van der Waals surface area contributed by atoms with Crippen LogP contribution >= 0.6 is 11.3 Å². The summed E-state index contributed by atoms with van der Waals surface area (Å²) in [6.45, 7) is 3.97. The third-order valence-corrected chi connectivity index (χ3v) is 5.65. The number of fused-ring (bicyclic) bond motifs is 1. The summed E-state index contributed by atoms with van der Waals surface area (Å²) < 4.78 is 12.1. The lowest BCUT2D eigenvalue weighted by Gasteiger charge is -2.25. The molecule has 2 aliphatic heterocycles. The highest BCUT2D eigenvalue weighted by Gasteiger charge is 2.13. The van der Waals surface area contributed by atoms with Crippen molar-refractivity contribution in [3.05, 3.63) is 48.9 Å². The normalized spacial score (nSPS) is 19.0. The van der Waals surface area contributed by atoms with Crippen LogP contribution in [0.4, 0.5) is 0 Å². The molecule has 0 saturated carbocycles. The van der Waals surface area contributed by atoms with Crippen molar-refractivity contribution in [2.45, 2.75) is 12.8 Å². The molecule has 6 nitrogen and oxygen atoms in total. The molecule has 3 heterocycles. The van der Waals surface area contributed by atoms with Gasteiger partial charge in [-0.2, -0.15) is 0 Å². The third-order valence-electron chi connectivity index (χ3n) is 4.69. The van der Waals surface area contributed by atoms with Gasteiger partial charge in [-0.3, -0.25) is 14.5 Å². The van der Waals surface area contributed by atoms with Gasteiger partial charge >= 0.3 is 0 Å². The van der Waals surface area contributed by atoms with Gasteiger partial charge in [-0.05, 0) is 42.2 Å². The van der Waals surface area contributed by atoms with E-state index in [-0.39, 0.29) is 11.3 Å². The molecular weight excluding hydrogens is 364 g/mol. The first kappa shape index (κ1) is 18.2. The molecule has 2 aliphatic rings. The van der Waals surface area contributed by atoms with E-state index in [1.165, 1.54) is 23.0 Å². The number of benzene rings is 1. The van der Waals surface area contributed by atoms with E-state index >= 15 is 0 Å². The summed E-state index contributed by atoms with van der Waals surface area (Å²) in [5, 5.41) is 0. The fraction of sp³-hybridized carbons (Fsp3) is 0.400. The number of hydrogen-bond donors (Lipinski definition) is 1. The van der Waals surface area contributed by atoms with E-state index in [1.54, 1.807) is 0 Å². The van der Waals surface area contributed by atoms with Gasteiger partial charge < -0.3 is 14.5 Å². The Morgan fingerprint density at radius 2 is 2.11 bits per heavy atom. The summed E-state index contributed by atoms with van der Waals surface area (Å²) in [5.41, 5.74) is 1.98. The Bertz CT molecular complexity index is 1000. The first-order valence-corrected chi connectivity index (χ1v) is 10.0. The summed E-state index contributed by atoms with van der Waals surface area (Å²) in [7, 11) is 0. The topological polar surface area (TPSA) is 71.6 Å². The minimum atomic E-state index is -0.167. The van der Waals surface area contributed by atoms with Gasteiger partial charge in [-0.1, -0.05) is 6.07 Å². The molecule has 1 fully saturated rings. The lowest BCUT2D eigenvalue weighted by Crippen LogP contribution is -2.39. The predicted molar refractivity (Wildman–Crippen MR) is 105 cm³/mol. The van der Waals surface area contributed by atoms with Crippen LogP contribution in [-0.2, 0) is 16.0 Å². The maximum atomic E-state index is 12.2. The highest BCUT2D eigenvalue weighted by atomic mass is 32.1. The van der Waals surface area contributed by atoms with Crippen molar-refractivity contribution in [2.24, 2.45) is 0 Å². The van der Waals surface area contributed by atoms with Gasteiger partial charge in [0, 0.05) is 19.2 Å². The number of carbonyl (C=O) groups excluding carboxylic acids is 1. The zero-order chi connectivity index (χ0) is 18.6. The zero-order valence-corrected chi connectivity index (χ0v) is 15.8. The van der Waals surface area contributed by atoms with Crippen LogP contribution < -0.4 is 19.5 Å². The minimum Gasteiger partial charge on any atom is -0.493 e. The lowest BCUT2D eigenvalue weighted by molar-refractivity contribution is -0.115. The Kier molecular flexibility index (Phi) is 5.52. The van der Waals surface area contributed by atoms with Gasteiger partial charge in [0.2, 0.25) is 0 Å². The van der Waals surface area contributed by atoms with Crippen molar-refractivity contribution < 1.29 is 14.3 Å². The number of hydrogen-bond acceptors (Lipinski definition) is 6. The van der Waals surface area contributed by atoms with Crippen molar-refractivity contribution in [1.29, 1.82) is 0 Å². The van der Waals surface area contributed by atoms with E-state index in [1.807, 2.05) is 18.2 Å². The second-order valence-electron chi connectivity index (χ2n) is 6.75. The Morgan fingerprint density at radius 1 is 1.26 bits per heavy atom. The van der Waals surface area contributed by atoms with E-state index in [0.29, 0.717) is 29.0 Å². The summed E-state index contributed by atoms with van der Waals surface area (Å²) in [4.78, 5) is 29.3. The second-order valence-corrected chi connectivity index (χ2v) is 7.83. The zero-order valence-electron chi connectivity index (χ0n) is 15.0. The monoisotopic (exact) mass is 386 g/mol. The summed E-state index contributed by atoms with van der Waals surface area (Å²) in [6.07, 6.45) is 5.40. The molecule has 1 N–H and O–H groups in total. The van der Waals surface area contributed by atoms with Gasteiger partial charge in [0.25, 0.3) is 5.56 Å².